The van der Waals surface area contributed by atoms with Crippen molar-refractivity contribution >= 4 is 23.2 Å². The van der Waals surface area contributed by atoms with E-state index in [4.69, 9.17) is 28.9 Å². The third kappa shape index (κ3) is 2.47. The first-order valence-corrected chi connectivity index (χ1v) is 6.11. The summed E-state index contributed by atoms with van der Waals surface area (Å²) in [5.74, 6) is 0. The first kappa shape index (κ1) is 11.3. The van der Waals surface area contributed by atoms with E-state index in [-0.39, 0.29) is 5.54 Å². The lowest BCUT2D eigenvalue weighted by molar-refractivity contribution is 0.302. The summed E-state index contributed by atoms with van der Waals surface area (Å²) in [5, 5.41) is 1.35. The number of halogens is 2. The van der Waals surface area contributed by atoms with Crippen molar-refractivity contribution in [1.29, 1.82) is 0 Å². The van der Waals surface area contributed by atoms with Crippen LogP contribution < -0.4 is 5.73 Å². The average Bonchev–Trinajstić information content (AvgIpc) is 2.17. The summed E-state index contributed by atoms with van der Waals surface area (Å²) in [5.41, 5.74) is 7.27. The maximum absolute atomic E-state index is 6.40. The van der Waals surface area contributed by atoms with Crippen molar-refractivity contribution in [3.05, 3.63) is 33.8 Å². The fraction of sp³-hybridized carbons (Fsp3) is 0.500. The van der Waals surface area contributed by atoms with Crippen LogP contribution in [0, 0.1) is 0 Å². The fourth-order valence-corrected chi connectivity index (χ4v) is 2.84. The molecule has 0 amide bonds. The highest BCUT2D eigenvalue weighted by Gasteiger charge is 2.29. The van der Waals surface area contributed by atoms with E-state index in [9.17, 15) is 0 Å². The van der Waals surface area contributed by atoms with E-state index in [1.54, 1.807) is 6.07 Å². The highest BCUT2D eigenvalue weighted by Crippen LogP contribution is 2.36. The van der Waals surface area contributed by atoms with Crippen LogP contribution in [0.4, 0.5) is 0 Å². The van der Waals surface area contributed by atoms with Crippen molar-refractivity contribution in [3.63, 3.8) is 0 Å². The van der Waals surface area contributed by atoms with Crippen molar-refractivity contribution in [2.24, 2.45) is 5.73 Å². The molecule has 82 valence electrons. The van der Waals surface area contributed by atoms with E-state index in [1.807, 2.05) is 12.1 Å². The van der Waals surface area contributed by atoms with Crippen LogP contribution in [-0.4, -0.2) is 0 Å². The first-order chi connectivity index (χ1) is 7.10. The molecule has 0 aliphatic heterocycles. The molecule has 0 radical (unpaired) electrons. The molecule has 1 aliphatic carbocycles. The largest absolute Gasteiger partial charge is 0.321 e. The number of hydrogen-bond acceptors (Lipinski definition) is 1. The van der Waals surface area contributed by atoms with Crippen LogP contribution in [0.25, 0.3) is 0 Å². The van der Waals surface area contributed by atoms with Gasteiger partial charge in [0.05, 0.1) is 0 Å². The molecule has 1 aromatic carbocycles. The van der Waals surface area contributed by atoms with Gasteiger partial charge in [-0.15, -0.1) is 0 Å². The molecule has 0 unspecified atom stereocenters. The predicted octanol–water partition coefficient (Wildman–Crippen LogP) is 4.11. The summed E-state index contributed by atoms with van der Waals surface area (Å²) in [6, 6.07) is 5.64. The summed E-state index contributed by atoms with van der Waals surface area (Å²) in [4.78, 5) is 0. The predicted molar refractivity (Wildman–Crippen MR) is 65.4 cm³/mol. The second kappa shape index (κ2) is 4.32. The van der Waals surface area contributed by atoms with Gasteiger partial charge in [-0.25, -0.2) is 0 Å². The smallest absolute Gasteiger partial charge is 0.0424 e. The Morgan fingerprint density at radius 1 is 0.933 bits per heavy atom. The zero-order valence-electron chi connectivity index (χ0n) is 8.60. The molecule has 1 saturated carbocycles. The second-order valence-electron chi connectivity index (χ2n) is 4.37. The molecule has 3 heteroatoms. The monoisotopic (exact) mass is 243 g/mol. The molecule has 1 aliphatic rings. The lowest BCUT2D eigenvalue weighted by Crippen LogP contribution is -2.38. The number of hydrogen-bond donors (Lipinski definition) is 1. The van der Waals surface area contributed by atoms with Crippen LogP contribution in [0.2, 0.25) is 10.0 Å². The summed E-state index contributed by atoms with van der Waals surface area (Å²) >= 11 is 12.0. The van der Waals surface area contributed by atoms with E-state index >= 15 is 0 Å². The number of rotatable bonds is 1. The van der Waals surface area contributed by atoms with Crippen LogP contribution in [0.15, 0.2) is 18.2 Å². The van der Waals surface area contributed by atoms with E-state index < -0.39 is 0 Å². The summed E-state index contributed by atoms with van der Waals surface area (Å²) in [6.45, 7) is 0. The third-order valence-corrected chi connectivity index (χ3v) is 3.62. The normalized spacial score (nSPS) is 20.2. The second-order valence-corrected chi connectivity index (χ2v) is 5.25. The van der Waals surface area contributed by atoms with Crippen LogP contribution in [0.1, 0.15) is 37.7 Å². The molecular formula is C12H15Cl2N. The average molecular weight is 244 g/mol. The maximum Gasteiger partial charge on any atom is 0.0424 e. The minimum atomic E-state index is -0.215. The van der Waals surface area contributed by atoms with Crippen molar-refractivity contribution in [1.82, 2.24) is 0 Å². The minimum Gasteiger partial charge on any atom is -0.321 e. The standard InChI is InChI=1S/C12H15Cl2N/c13-10-6-9(7-11(14)8-10)12(15)4-2-1-3-5-12/h6-8H,1-5,15H2. The molecule has 15 heavy (non-hydrogen) atoms. The quantitative estimate of drug-likeness (QED) is 0.790. The Bertz CT molecular complexity index is 336. The Labute approximate surface area is 101 Å². The molecular weight excluding hydrogens is 229 g/mol. The molecule has 0 spiro atoms. The molecule has 0 heterocycles. The minimum absolute atomic E-state index is 0.215. The van der Waals surface area contributed by atoms with E-state index in [0.29, 0.717) is 10.0 Å². The summed E-state index contributed by atoms with van der Waals surface area (Å²) in [6.07, 6.45) is 5.74. The molecule has 1 aromatic rings. The Hall–Kier alpha value is -0.240. The molecule has 0 saturated heterocycles. The molecule has 2 rings (SSSR count). The van der Waals surface area contributed by atoms with Crippen molar-refractivity contribution < 1.29 is 0 Å². The fourth-order valence-electron chi connectivity index (χ4n) is 2.31. The lowest BCUT2D eigenvalue weighted by Gasteiger charge is -2.34. The maximum atomic E-state index is 6.40. The van der Waals surface area contributed by atoms with Gasteiger partial charge in [-0.3, -0.25) is 0 Å². The van der Waals surface area contributed by atoms with Gasteiger partial charge in [0.1, 0.15) is 0 Å². The van der Waals surface area contributed by atoms with Crippen molar-refractivity contribution in [2.45, 2.75) is 37.6 Å². The van der Waals surface area contributed by atoms with Gasteiger partial charge in [0.15, 0.2) is 0 Å². The van der Waals surface area contributed by atoms with Crippen LogP contribution >= 0.6 is 23.2 Å². The highest BCUT2D eigenvalue weighted by molar-refractivity contribution is 6.34. The van der Waals surface area contributed by atoms with E-state index in [1.165, 1.54) is 19.3 Å². The first-order valence-electron chi connectivity index (χ1n) is 5.36. The molecule has 0 atom stereocenters. The molecule has 1 fully saturated rings. The molecule has 0 bridgehead atoms. The molecule has 0 aromatic heterocycles. The van der Waals surface area contributed by atoms with Gasteiger partial charge in [-0.2, -0.15) is 0 Å². The zero-order chi connectivity index (χ0) is 10.9. The summed E-state index contributed by atoms with van der Waals surface area (Å²) in [7, 11) is 0. The van der Waals surface area contributed by atoms with Gasteiger partial charge in [0.2, 0.25) is 0 Å². The highest BCUT2D eigenvalue weighted by atomic mass is 35.5. The number of nitrogens with two attached hydrogens (primary N) is 1. The Morgan fingerprint density at radius 2 is 1.47 bits per heavy atom. The third-order valence-electron chi connectivity index (χ3n) is 3.18. The lowest BCUT2D eigenvalue weighted by atomic mass is 9.77. The Morgan fingerprint density at radius 3 is 2.00 bits per heavy atom. The van der Waals surface area contributed by atoms with Gasteiger partial charge < -0.3 is 5.73 Å². The topological polar surface area (TPSA) is 26.0 Å². The van der Waals surface area contributed by atoms with Gasteiger partial charge in [0.25, 0.3) is 0 Å². The molecule has 2 N–H and O–H groups in total. The van der Waals surface area contributed by atoms with Crippen molar-refractivity contribution in [3.8, 4) is 0 Å². The Balaban J connectivity index is 2.34. The SMILES string of the molecule is NC1(c2cc(Cl)cc(Cl)c2)CCCCC1. The van der Waals surface area contributed by atoms with Gasteiger partial charge >= 0.3 is 0 Å². The number of benzene rings is 1. The van der Waals surface area contributed by atoms with Crippen molar-refractivity contribution in [2.75, 3.05) is 0 Å². The van der Waals surface area contributed by atoms with Gasteiger partial charge in [-0.1, -0.05) is 42.5 Å². The van der Waals surface area contributed by atoms with Crippen LogP contribution in [-0.2, 0) is 5.54 Å². The van der Waals surface area contributed by atoms with Crippen LogP contribution in [0.3, 0.4) is 0 Å². The zero-order valence-corrected chi connectivity index (χ0v) is 10.1. The van der Waals surface area contributed by atoms with E-state index in [2.05, 4.69) is 0 Å². The molecule has 1 nitrogen and oxygen atoms in total. The Kier molecular flexibility index (Phi) is 3.24. The van der Waals surface area contributed by atoms with E-state index in [0.717, 1.165) is 18.4 Å². The van der Waals surface area contributed by atoms with Gasteiger partial charge in [-0.05, 0) is 36.6 Å². The van der Waals surface area contributed by atoms with Crippen LogP contribution in [0.5, 0.6) is 0 Å². The van der Waals surface area contributed by atoms with Gasteiger partial charge in [0, 0.05) is 15.6 Å². The summed E-state index contributed by atoms with van der Waals surface area (Å²) < 4.78 is 0.